The highest BCUT2D eigenvalue weighted by Crippen LogP contribution is 2.29. The molecule has 1 aliphatic heterocycles. The van der Waals surface area contributed by atoms with Crippen molar-refractivity contribution < 1.29 is 13.9 Å². The molecular weight excluding hydrogens is 261 g/mol. The minimum absolute atomic E-state index is 0.271. The number of benzene rings is 1. The smallest absolute Gasteiger partial charge is 0.201 e. The van der Waals surface area contributed by atoms with Crippen LogP contribution < -0.4 is 5.73 Å². The first-order valence-corrected chi connectivity index (χ1v) is 6.59. The van der Waals surface area contributed by atoms with Gasteiger partial charge in [0.1, 0.15) is 11.4 Å². The van der Waals surface area contributed by atoms with E-state index in [4.69, 9.17) is 15.2 Å². The van der Waals surface area contributed by atoms with Gasteiger partial charge in [-0.2, -0.15) is 0 Å². The van der Waals surface area contributed by atoms with Crippen LogP contribution in [0.25, 0.3) is 11.0 Å². The minimum atomic E-state index is -0.385. The number of methoxy groups -OCH3 is 1. The molecule has 0 aliphatic carbocycles. The molecule has 1 aromatic heterocycles. The first-order valence-electron chi connectivity index (χ1n) is 6.59. The third-order valence-electron chi connectivity index (χ3n) is 4.00. The quantitative estimate of drug-likeness (QED) is 0.931. The zero-order valence-electron chi connectivity index (χ0n) is 11.6. The van der Waals surface area contributed by atoms with Gasteiger partial charge in [0, 0.05) is 26.2 Å². The van der Waals surface area contributed by atoms with E-state index in [0.29, 0.717) is 36.8 Å². The summed E-state index contributed by atoms with van der Waals surface area (Å²) in [6, 6.07) is 3.19. The normalized spacial score (nSPS) is 22.8. The molecule has 0 amide bonds. The number of hydrogen-bond donors (Lipinski definition) is 1. The van der Waals surface area contributed by atoms with Gasteiger partial charge in [-0.1, -0.05) is 0 Å². The summed E-state index contributed by atoms with van der Waals surface area (Å²) in [4.78, 5) is 4.23. The van der Waals surface area contributed by atoms with Crippen LogP contribution in [0.5, 0.6) is 0 Å². The van der Waals surface area contributed by atoms with Crippen LogP contribution in [0.3, 0.4) is 0 Å². The monoisotopic (exact) mass is 279 g/mol. The molecule has 5 nitrogen and oxygen atoms in total. The summed E-state index contributed by atoms with van der Waals surface area (Å²) in [5.41, 5.74) is 7.56. The van der Waals surface area contributed by atoms with Gasteiger partial charge >= 0.3 is 0 Å². The molecule has 1 atom stereocenters. The van der Waals surface area contributed by atoms with Crippen molar-refractivity contribution in [1.82, 2.24) is 9.55 Å². The van der Waals surface area contributed by atoms with Gasteiger partial charge in [0.05, 0.1) is 24.2 Å². The summed E-state index contributed by atoms with van der Waals surface area (Å²) in [6.45, 7) is 3.49. The standard InChI is InChI=1S/C14H18FN3O2/c1-9-5-12-11(6-10(9)15)17-13(16)18(12)7-14(19-2)3-4-20-8-14/h5-6H,3-4,7-8H2,1-2H3,(H2,16,17). The van der Waals surface area contributed by atoms with E-state index in [-0.39, 0.29) is 11.4 Å². The van der Waals surface area contributed by atoms with Crippen molar-refractivity contribution in [3.05, 3.63) is 23.5 Å². The topological polar surface area (TPSA) is 62.3 Å². The molecule has 2 aromatic rings. The summed E-state index contributed by atoms with van der Waals surface area (Å²) in [5, 5.41) is 0. The fraction of sp³-hybridized carbons (Fsp3) is 0.500. The Labute approximate surface area is 116 Å². The van der Waals surface area contributed by atoms with Gasteiger partial charge in [-0.05, 0) is 18.6 Å². The van der Waals surface area contributed by atoms with Crippen LogP contribution in [0.1, 0.15) is 12.0 Å². The van der Waals surface area contributed by atoms with Crippen LogP contribution >= 0.6 is 0 Å². The predicted octanol–water partition coefficient (Wildman–Crippen LogP) is 1.87. The largest absolute Gasteiger partial charge is 0.378 e. The van der Waals surface area contributed by atoms with E-state index < -0.39 is 0 Å². The fourth-order valence-electron chi connectivity index (χ4n) is 2.66. The first kappa shape index (κ1) is 13.3. The number of fused-ring (bicyclic) bond motifs is 1. The lowest BCUT2D eigenvalue weighted by molar-refractivity contribution is -0.0283. The van der Waals surface area contributed by atoms with E-state index in [2.05, 4.69) is 4.98 Å². The van der Waals surface area contributed by atoms with Crippen molar-refractivity contribution in [2.75, 3.05) is 26.1 Å². The van der Waals surface area contributed by atoms with Gasteiger partial charge in [-0.25, -0.2) is 9.37 Å². The lowest BCUT2D eigenvalue weighted by atomic mass is 10.0. The van der Waals surface area contributed by atoms with Crippen molar-refractivity contribution in [3.63, 3.8) is 0 Å². The third-order valence-corrected chi connectivity index (χ3v) is 4.00. The van der Waals surface area contributed by atoms with Gasteiger partial charge in [-0.3, -0.25) is 0 Å². The summed E-state index contributed by atoms with van der Waals surface area (Å²) in [7, 11) is 1.68. The lowest BCUT2D eigenvalue weighted by Gasteiger charge is -2.26. The van der Waals surface area contributed by atoms with E-state index in [1.165, 1.54) is 6.07 Å². The van der Waals surface area contributed by atoms with Gasteiger partial charge in [0.2, 0.25) is 5.95 Å². The number of imidazole rings is 1. The maximum absolute atomic E-state index is 13.6. The minimum Gasteiger partial charge on any atom is -0.378 e. The predicted molar refractivity (Wildman–Crippen MR) is 74.0 cm³/mol. The Balaban J connectivity index is 2.06. The Kier molecular flexibility index (Phi) is 3.14. The highest BCUT2D eigenvalue weighted by Gasteiger charge is 2.36. The second-order valence-corrected chi connectivity index (χ2v) is 5.34. The van der Waals surface area contributed by atoms with Crippen molar-refractivity contribution in [2.45, 2.75) is 25.5 Å². The van der Waals surface area contributed by atoms with Crippen LogP contribution in [-0.2, 0) is 16.0 Å². The number of aromatic nitrogens is 2. The molecule has 6 heteroatoms. The van der Waals surface area contributed by atoms with Crippen LogP contribution in [0, 0.1) is 12.7 Å². The van der Waals surface area contributed by atoms with Crippen LogP contribution in [0.4, 0.5) is 10.3 Å². The lowest BCUT2D eigenvalue weighted by Crippen LogP contribution is -2.37. The van der Waals surface area contributed by atoms with Gasteiger partial charge < -0.3 is 19.8 Å². The zero-order valence-corrected chi connectivity index (χ0v) is 11.6. The number of nitrogens with zero attached hydrogens (tertiary/aromatic N) is 2. The molecule has 1 aliphatic rings. The van der Waals surface area contributed by atoms with Crippen molar-refractivity contribution >= 4 is 17.0 Å². The molecule has 2 heterocycles. The van der Waals surface area contributed by atoms with E-state index in [0.717, 1.165) is 11.9 Å². The molecule has 2 N–H and O–H groups in total. The van der Waals surface area contributed by atoms with E-state index in [1.54, 1.807) is 20.1 Å². The Morgan fingerprint density at radius 2 is 2.35 bits per heavy atom. The van der Waals surface area contributed by atoms with Gasteiger partial charge in [0.25, 0.3) is 0 Å². The molecule has 3 rings (SSSR count). The van der Waals surface area contributed by atoms with E-state index in [1.807, 2.05) is 4.57 Å². The van der Waals surface area contributed by atoms with Crippen molar-refractivity contribution in [2.24, 2.45) is 0 Å². The molecule has 108 valence electrons. The van der Waals surface area contributed by atoms with Gasteiger partial charge in [0.15, 0.2) is 0 Å². The number of aryl methyl sites for hydroxylation is 1. The van der Waals surface area contributed by atoms with Crippen LogP contribution in [-0.4, -0.2) is 35.5 Å². The molecule has 1 fully saturated rings. The van der Waals surface area contributed by atoms with Crippen LogP contribution in [0.2, 0.25) is 0 Å². The van der Waals surface area contributed by atoms with Crippen LogP contribution in [0.15, 0.2) is 12.1 Å². The second-order valence-electron chi connectivity index (χ2n) is 5.34. The second kappa shape index (κ2) is 4.71. The Hall–Kier alpha value is -1.66. The average molecular weight is 279 g/mol. The number of ether oxygens (including phenoxy) is 2. The highest BCUT2D eigenvalue weighted by molar-refractivity contribution is 5.79. The number of halogens is 1. The molecule has 1 unspecified atom stereocenters. The van der Waals surface area contributed by atoms with Gasteiger partial charge in [-0.15, -0.1) is 0 Å². The molecule has 0 radical (unpaired) electrons. The molecular formula is C14H18FN3O2. The Bertz CT molecular complexity index is 647. The zero-order chi connectivity index (χ0) is 14.3. The number of nitrogen functional groups attached to an aromatic ring is 1. The Morgan fingerprint density at radius 3 is 3.00 bits per heavy atom. The SMILES string of the molecule is COC1(Cn2c(N)nc3cc(F)c(C)cc32)CCOC1. The molecule has 0 bridgehead atoms. The van der Waals surface area contributed by atoms with Crippen molar-refractivity contribution in [1.29, 1.82) is 0 Å². The highest BCUT2D eigenvalue weighted by atomic mass is 19.1. The Morgan fingerprint density at radius 1 is 1.55 bits per heavy atom. The third kappa shape index (κ3) is 2.05. The number of anilines is 1. The number of nitrogens with two attached hydrogens (primary N) is 1. The average Bonchev–Trinajstić information content (AvgIpc) is 2.99. The summed E-state index contributed by atoms with van der Waals surface area (Å²) >= 11 is 0. The summed E-state index contributed by atoms with van der Waals surface area (Å²) in [5.74, 6) is 0.0983. The fourth-order valence-corrected chi connectivity index (χ4v) is 2.66. The van der Waals surface area contributed by atoms with E-state index >= 15 is 0 Å². The summed E-state index contributed by atoms with van der Waals surface area (Å²) in [6.07, 6.45) is 0.808. The maximum Gasteiger partial charge on any atom is 0.201 e. The maximum atomic E-state index is 13.6. The van der Waals surface area contributed by atoms with Crippen molar-refractivity contribution in [3.8, 4) is 0 Å². The molecule has 20 heavy (non-hydrogen) atoms. The molecule has 0 spiro atoms. The molecule has 1 aromatic carbocycles. The summed E-state index contributed by atoms with van der Waals surface area (Å²) < 4.78 is 26.5. The number of hydrogen-bond acceptors (Lipinski definition) is 4. The van der Waals surface area contributed by atoms with E-state index in [9.17, 15) is 4.39 Å². The number of rotatable bonds is 3. The first-order chi connectivity index (χ1) is 9.54. The molecule has 0 saturated carbocycles. The molecule has 1 saturated heterocycles.